The van der Waals surface area contributed by atoms with Crippen molar-refractivity contribution in [2.45, 2.75) is 5.41 Å². The van der Waals surface area contributed by atoms with Crippen LogP contribution in [0.2, 0.25) is 0 Å². The lowest BCUT2D eigenvalue weighted by molar-refractivity contribution is -0.0357. The minimum absolute atomic E-state index is 0.0811. The molecule has 2 aromatic heterocycles. The number of nitrogens with one attached hydrogen (secondary N) is 2. The molecule has 3 heterocycles. The molecule has 8 rings (SSSR count). The predicted molar refractivity (Wildman–Crippen MR) is 146 cm³/mol. The summed E-state index contributed by atoms with van der Waals surface area (Å²) in [5, 5.41) is 0. The summed E-state index contributed by atoms with van der Waals surface area (Å²) in [6, 6.07) is 26.7. The Kier molecular flexibility index (Phi) is 3.97. The van der Waals surface area contributed by atoms with Gasteiger partial charge in [-0.25, -0.2) is 9.97 Å². The summed E-state index contributed by atoms with van der Waals surface area (Å²) in [6.07, 6.45) is 1.75. The van der Waals surface area contributed by atoms with Crippen molar-refractivity contribution >= 4 is 44.7 Å². The summed E-state index contributed by atoms with van der Waals surface area (Å²) in [5.74, 6) is 0. The summed E-state index contributed by atoms with van der Waals surface area (Å²) in [7, 11) is 0. The first-order valence-electron chi connectivity index (χ1n) is 11.6. The molecule has 6 heteroatoms. The Morgan fingerprint density at radius 2 is 1.31 bits per heavy atom. The number of aromatic amines is 2. The van der Waals surface area contributed by atoms with Crippen LogP contribution in [0.15, 0.2) is 79.1 Å². The van der Waals surface area contributed by atoms with Gasteiger partial charge in [0.25, 0.3) is 0 Å². The second-order valence-electron chi connectivity index (χ2n) is 9.49. The van der Waals surface area contributed by atoms with E-state index < -0.39 is 0 Å². The van der Waals surface area contributed by atoms with Gasteiger partial charge in [-0.3, -0.25) is 0 Å². The Morgan fingerprint density at radius 3 is 1.97 bits per heavy atom. The molecule has 5 nitrogen and oxygen atoms in total. The smallest absolute Gasteiger partial charge is 0.169 e. The van der Waals surface area contributed by atoms with Crippen LogP contribution in [-0.4, -0.2) is 33.1 Å². The van der Waals surface area contributed by atoms with Crippen LogP contribution >= 0.6 is 22.6 Å². The molecule has 1 aliphatic carbocycles. The number of aromatic nitrogens is 4. The van der Waals surface area contributed by atoms with E-state index in [1.807, 2.05) is 0 Å². The third-order valence-electron chi connectivity index (χ3n) is 7.60. The molecular formula is C29H19IN4O. The minimum atomic E-state index is -0.0811. The van der Waals surface area contributed by atoms with Gasteiger partial charge in [0.05, 0.1) is 47.0 Å². The first-order valence-corrected chi connectivity index (χ1v) is 12.7. The lowest BCUT2D eigenvalue weighted by Crippen LogP contribution is -2.46. The van der Waals surface area contributed by atoms with E-state index in [2.05, 4.69) is 115 Å². The molecular weight excluding hydrogens is 547 g/mol. The average Bonchev–Trinajstić information content (AvgIpc) is 3.54. The van der Waals surface area contributed by atoms with E-state index in [4.69, 9.17) is 4.74 Å². The number of halogens is 1. The van der Waals surface area contributed by atoms with Crippen molar-refractivity contribution in [1.82, 2.24) is 19.9 Å². The summed E-state index contributed by atoms with van der Waals surface area (Å²) in [6.45, 7) is 1.44. The van der Waals surface area contributed by atoms with E-state index in [1.54, 1.807) is 6.33 Å². The Hall–Kier alpha value is -3.49. The highest BCUT2D eigenvalue weighted by atomic mass is 127. The van der Waals surface area contributed by atoms with Gasteiger partial charge in [0.15, 0.2) is 3.83 Å². The molecule has 1 saturated heterocycles. The largest absolute Gasteiger partial charge is 0.379 e. The Labute approximate surface area is 214 Å². The van der Waals surface area contributed by atoms with Crippen molar-refractivity contribution in [1.29, 1.82) is 0 Å². The van der Waals surface area contributed by atoms with Crippen molar-refractivity contribution in [2.24, 2.45) is 0 Å². The van der Waals surface area contributed by atoms with Crippen molar-refractivity contribution in [3.05, 3.63) is 94.1 Å². The quantitative estimate of drug-likeness (QED) is 0.230. The number of fused-ring (bicyclic) bond motifs is 7. The Morgan fingerprint density at radius 1 is 0.714 bits per heavy atom. The highest BCUT2D eigenvalue weighted by Crippen LogP contribution is 2.54. The number of imidazole rings is 2. The number of hydrogen-bond acceptors (Lipinski definition) is 3. The van der Waals surface area contributed by atoms with Crippen molar-refractivity contribution in [3.8, 4) is 33.4 Å². The van der Waals surface area contributed by atoms with Crippen LogP contribution in [0.4, 0.5) is 0 Å². The second-order valence-corrected chi connectivity index (χ2v) is 10.5. The van der Waals surface area contributed by atoms with Gasteiger partial charge in [0.1, 0.15) is 0 Å². The highest BCUT2D eigenvalue weighted by Gasteiger charge is 2.49. The first-order chi connectivity index (χ1) is 17.2. The molecule has 1 fully saturated rings. The Balaban J connectivity index is 1.26. The number of ether oxygens (including phenoxy) is 1. The molecule has 1 aliphatic heterocycles. The van der Waals surface area contributed by atoms with Crippen LogP contribution in [-0.2, 0) is 10.2 Å². The zero-order valence-electron chi connectivity index (χ0n) is 18.6. The fourth-order valence-electron chi connectivity index (χ4n) is 5.74. The number of nitrogens with zero attached hydrogens (tertiary/aromatic N) is 2. The first kappa shape index (κ1) is 19.8. The maximum absolute atomic E-state index is 5.85. The fraction of sp³-hybridized carbons (Fsp3) is 0.103. The topological polar surface area (TPSA) is 66.6 Å². The van der Waals surface area contributed by atoms with Crippen LogP contribution in [0.1, 0.15) is 11.1 Å². The van der Waals surface area contributed by atoms with Gasteiger partial charge >= 0.3 is 0 Å². The molecule has 1 spiro atoms. The lowest BCUT2D eigenvalue weighted by Gasteiger charge is -2.40. The third kappa shape index (κ3) is 2.78. The van der Waals surface area contributed by atoms with Crippen LogP contribution < -0.4 is 0 Å². The van der Waals surface area contributed by atoms with E-state index >= 15 is 0 Å². The number of hydrogen-bond donors (Lipinski definition) is 2. The van der Waals surface area contributed by atoms with Crippen LogP contribution in [0.25, 0.3) is 55.4 Å². The zero-order chi connectivity index (χ0) is 23.1. The van der Waals surface area contributed by atoms with Crippen LogP contribution in [0.5, 0.6) is 0 Å². The highest BCUT2D eigenvalue weighted by molar-refractivity contribution is 14.1. The SMILES string of the molecule is Ic1nc2ccc(-c3ccc4c(c3)C3(COC3)c3cc(-c5ccc6nc[nH]c6c5)ccc3-4)cc2[nH]1. The van der Waals surface area contributed by atoms with E-state index in [-0.39, 0.29) is 5.41 Å². The van der Waals surface area contributed by atoms with Gasteiger partial charge in [-0.15, -0.1) is 0 Å². The monoisotopic (exact) mass is 566 g/mol. The maximum Gasteiger partial charge on any atom is 0.169 e. The normalized spacial score (nSPS) is 15.5. The van der Waals surface area contributed by atoms with Gasteiger partial charge in [-0.05, 0) is 103 Å². The average molecular weight is 566 g/mol. The van der Waals surface area contributed by atoms with Crippen molar-refractivity contribution in [3.63, 3.8) is 0 Å². The zero-order valence-corrected chi connectivity index (χ0v) is 20.8. The molecule has 4 aromatic carbocycles. The van der Waals surface area contributed by atoms with Crippen LogP contribution in [0.3, 0.4) is 0 Å². The molecule has 0 bridgehead atoms. The molecule has 0 atom stereocenters. The fourth-order valence-corrected chi connectivity index (χ4v) is 6.30. The van der Waals surface area contributed by atoms with E-state index in [0.717, 1.165) is 39.1 Å². The van der Waals surface area contributed by atoms with Gasteiger partial charge in [0.2, 0.25) is 0 Å². The molecule has 0 unspecified atom stereocenters. The second kappa shape index (κ2) is 7.02. The standard InChI is InChI=1S/C29H19IN4O/c30-28-33-25-8-4-19(12-27(25)34-28)17-2-6-21-20-5-1-16(18-3-7-24-26(11-18)32-15-31-24)9-22(20)29(13-35-14-29)23(21)10-17/h1-12,15H,13-14H2,(H,31,32)(H,33,34). The van der Waals surface area contributed by atoms with E-state index in [1.165, 1.54) is 44.5 Å². The van der Waals surface area contributed by atoms with Gasteiger partial charge < -0.3 is 14.7 Å². The molecule has 2 aliphatic rings. The van der Waals surface area contributed by atoms with E-state index in [0.29, 0.717) is 0 Å². The van der Waals surface area contributed by atoms with E-state index in [9.17, 15) is 0 Å². The molecule has 35 heavy (non-hydrogen) atoms. The van der Waals surface area contributed by atoms with Crippen molar-refractivity contribution in [2.75, 3.05) is 13.2 Å². The predicted octanol–water partition coefficient (Wildman–Crippen LogP) is 6.67. The Bertz CT molecular complexity index is 1810. The maximum atomic E-state index is 5.85. The molecule has 2 N–H and O–H groups in total. The molecule has 168 valence electrons. The molecule has 0 radical (unpaired) electrons. The number of H-pyrrole nitrogens is 2. The number of rotatable bonds is 2. The summed E-state index contributed by atoms with van der Waals surface area (Å²) in [5.41, 5.74) is 14.2. The number of benzene rings is 4. The molecule has 0 amide bonds. The lowest BCUT2D eigenvalue weighted by atomic mass is 9.75. The van der Waals surface area contributed by atoms with Crippen LogP contribution in [0, 0.1) is 3.83 Å². The minimum Gasteiger partial charge on any atom is -0.379 e. The molecule has 0 saturated carbocycles. The van der Waals surface area contributed by atoms with Gasteiger partial charge in [-0.1, -0.05) is 36.4 Å². The summed E-state index contributed by atoms with van der Waals surface area (Å²) in [4.78, 5) is 15.5. The van der Waals surface area contributed by atoms with Gasteiger partial charge in [-0.2, -0.15) is 0 Å². The third-order valence-corrected chi connectivity index (χ3v) is 8.11. The summed E-state index contributed by atoms with van der Waals surface area (Å²) >= 11 is 2.23. The molecule has 6 aromatic rings. The summed E-state index contributed by atoms with van der Waals surface area (Å²) < 4.78 is 6.75. The van der Waals surface area contributed by atoms with Gasteiger partial charge in [0, 0.05) is 0 Å². The van der Waals surface area contributed by atoms with Crippen molar-refractivity contribution < 1.29 is 4.74 Å².